The van der Waals surface area contributed by atoms with Crippen LogP contribution in [0.4, 0.5) is 9.59 Å². The second kappa shape index (κ2) is 15.9. The first-order valence-electron chi connectivity index (χ1n) is 18.4. The van der Waals surface area contributed by atoms with Crippen LogP contribution in [0.2, 0.25) is 0 Å². The molecule has 0 saturated carbocycles. The van der Waals surface area contributed by atoms with E-state index in [1.807, 2.05) is 26.0 Å². The fourth-order valence-electron chi connectivity index (χ4n) is 7.10. The molecule has 0 bridgehead atoms. The largest absolute Gasteiger partial charge is 0.465 e. The van der Waals surface area contributed by atoms with Crippen molar-refractivity contribution in [2.45, 2.75) is 83.8 Å². The zero-order valence-corrected chi connectivity index (χ0v) is 31.6. The smallest absolute Gasteiger partial charge is 0.407 e. The third kappa shape index (κ3) is 8.29. The number of likely N-dealkylation sites (tertiary alicyclic amines) is 2. The van der Waals surface area contributed by atoms with Gasteiger partial charge in [-0.25, -0.2) is 19.6 Å². The Morgan fingerprint density at radius 3 is 2.30 bits per heavy atom. The quantitative estimate of drug-likeness (QED) is 0.149. The Balaban J connectivity index is 1.28. The lowest BCUT2D eigenvalue weighted by Crippen LogP contribution is -2.51. The maximum atomic E-state index is 13.7. The number of nitrogens with zero attached hydrogens (tertiary/aromatic N) is 4. The molecule has 0 radical (unpaired) electrons. The van der Waals surface area contributed by atoms with Gasteiger partial charge >= 0.3 is 12.2 Å². The maximum absolute atomic E-state index is 13.7. The molecule has 4 aromatic rings. The Hall–Kier alpha value is -6.01. The summed E-state index contributed by atoms with van der Waals surface area (Å²) in [5, 5.41) is 12.2. The molecule has 4 heterocycles. The van der Waals surface area contributed by atoms with Crippen molar-refractivity contribution in [2.75, 3.05) is 20.2 Å². The molecule has 6 rings (SSSR count). The number of alkyl carbamates (subject to hydrolysis) is 1. The molecule has 0 aliphatic carbocycles. The van der Waals surface area contributed by atoms with E-state index in [1.54, 1.807) is 17.3 Å². The molecule has 0 spiro atoms. The number of H-pyrrole nitrogens is 2. The Morgan fingerprint density at radius 1 is 0.907 bits per heavy atom. The van der Waals surface area contributed by atoms with E-state index >= 15 is 0 Å². The first-order chi connectivity index (χ1) is 25.8. The molecule has 54 heavy (non-hydrogen) atoms. The second-order valence-electron chi connectivity index (χ2n) is 15.1. The van der Waals surface area contributed by atoms with E-state index in [0.29, 0.717) is 30.4 Å². The summed E-state index contributed by atoms with van der Waals surface area (Å²) in [6, 6.07) is 13.3. The van der Waals surface area contributed by atoms with Gasteiger partial charge in [-0.3, -0.25) is 9.69 Å². The molecule has 3 unspecified atom stereocenters. The van der Waals surface area contributed by atoms with E-state index in [4.69, 9.17) is 9.72 Å². The van der Waals surface area contributed by atoms with Gasteiger partial charge in [-0.2, -0.15) is 0 Å². The number of aromatic nitrogens is 4. The van der Waals surface area contributed by atoms with E-state index in [-0.39, 0.29) is 29.3 Å². The number of carboxylic acid groups (broad SMARTS) is 1. The van der Waals surface area contributed by atoms with Crippen LogP contribution in [0.15, 0.2) is 54.9 Å². The number of nitrogens with one attached hydrogen (secondary N) is 3. The van der Waals surface area contributed by atoms with E-state index < -0.39 is 18.2 Å². The summed E-state index contributed by atoms with van der Waals surface area (Å²) in [4.78, 5) is 56.3. The summed E-state index contributed by atoms with van der Waals surface area (Å²) < 4.78 is 4.78. The lowest BCUT2D eigenvalue weighted by atomic mass is 9.85. The lowest BCUT2D eigenvalue weighted by molar-refractivity contribution is -0.135. The van der Waals surface area contributed by atoms with Gasteiger partial charge < -0.3 is 30.0 Å². The van der Waals surface area contributed by atoms with E-state index in [1.165, 1.54) is 17.6 Å². The molecule has 2 aromatic heterocycles. The van der Waals surface area contributed by atoms with Crippen molar-refractivity contribution in [3.05, 3.63) is 83.3 Å². The van der Waals surface area contributed by atoms with Crippen LogP contribution in [-0.4, -0.2) is 79.2 Å². The highest BCUT2D eigenvalue weighted by atomic mass is 16.5. The molecule has 3 amide bonds. The number of methoxy groups -OCH3 is 1. The number of imidazole rings is 2. The van der Waals surface area contributed by atoms with Crippen LogP contribution < -0.4 is 5.32 Å². The SMILES string of the molecule is COC(=O)NC(C(=O)N1CCCC1c1ncc(-c2ccc(C#CC#Cc3cnc(C4CCCN4C(=O)O)[nH]3)c(-c3cccc(C(C)(C)C)c3)c2)[nH]1)C(C)C. The van der Waals surface area contributed by atoms with Crippen molar-refractivity contribution >= 4 is 18.1 Å². The highest BCUT2D eigenvalue weighted by molar-refractivity contribution is 5.86. The first-order valence-corrected chi connectivity index (χ1v) is 18.4. The molecule has 3 atom stereocenters. The van der Waals surface area contributed by atoms with Gasteiger partial charge in [0.25, 0.3) is 0 Å². The molecule has 2 fully saturated rings. The number of aromatic amines is 2. The van der Waals surface area contributed by atoms with Crippen LogP contribution >= 0.6 is 0 Å². The highest BCUT2D eigenvalue weighted by Gasteiger charge is 2.37. The number of amides is 3. The summed E-state index contributed by atoms with van der Waals surface area (Å²) in [5.74, 6) is 13.2. The summed E-state index contributed by atoms with van der Waals surface area (Å²) in [6.45, 7) is 11.4. The van der Waals surface area contributed by atoms with Crippen molar-refractivity contribution in [3.63, 3.8) is 0 Å². The van der Waals surface area contributed by atoms with Crippen LogP contribution in [0.5, 0.6) is 0 Å². The average molecular weight is 730 g/mol. The lowest BCUT2D eigenvalue weighted by Gasteiger charge is -2.30. The second-order valence-corrected chi connectivity index (χ2v) is 15.1. The van der Waals surface area contributed by atoms with Gasteiger partial charge in [0.15, 0.2) is 0 Å². The van der Waals surface area contributed by atoms with Crippen LogP contribution in [0, 0.1) is 29.6 Å². The van der Waals surface area contributed by atoms with Crippen molar-refractivity contribution in [1.82, 2.24) is 35.1 Å². The van der Waals surface area contributed by atoms with E-state index in [9.17, 15) is 19.5 Å². The number of carbonyl (C=O) groups excluding carboxylic acids is 2. The molecule has 12 nitrogen and oxygen atoms in total. The molecular formula is C42H47N7O5. The van der Waals surface area contributed by atoms with Crippen LogP contribution in [0.25, 0.3) is 22.4 Å². The minimum atomic E-state index is -0.950. The molecule has 2 aromatic carbocycles. The van der Waals surface area contributed by atoms with Crippen LogP contribution in [-0.2, 0) is 14.9 Å². The molecule has 2 saturated heterocycles. The standard InChI is InChI=1S/C42H47N7O5/c1-26(2)36(47-40(51)54-6)39(50)48-20-10-16-34(48)38-44-25-33(46-38)29-19-18-27(32(23-29)28-13-9-14-30(22-28)42(3,4)5)12-7-8-15-31-24-43-37(45-31)35-17-11-21-49(35)41(52)53/h9,13-14,18-19,22-26,34-36H,10-11,16-17,20-21H2,1-6H3,(H,43,45)(H,44,46)(H,47,51)(H,52,53). The fraction of sp³-hybridized carbons (Fsp3) is 0.405. The van der Waals surface area contributed by atoms with Gasteiger partial charge in [0.1, 0.15) is 23.4 Å². The minimum absolute atomic E-state index is 0.0579. The van der Waals surface area contributed by atoms with Gasteiger partial charge in [-0.15, -0.1) is 0 Å². The molecule has 280 valence electrons. The predicted octanol–water partition coefficient (Wildman–Crippen LogP) is 7.03. The summed E-state index contributed by atoms with van der Waals surface area (Å²) in [6.07, 6.45) is 4.91. The van der Waals surface area contributed by atoms with E-state index in [0.717, 1.165) is 53.6 Å². The number of hydrogen-bond acceptors (Lipinski definition) is 6. The number of benzene rings is 2. The molecule has 2 aliphatic rings. The van der Waals surface area contributed by atoms with Gasteiger partial charge in [-0.1, -0.05) is 70.9 Å². The fourth-order valence-corrected chi connectivity index (χ4v) is 7.10. The molecule has 2 aliphatic heterocycles. The molecular weight excluding hydrogens is 683 g/mol. The number of carbonyl (C=O) groups is 3. The third-order valence-corrected chi connectivity index (χ3v) is 10.1. The predicted molar refractivity (Wildman–Crippen MR) is 205 cm³/mol. The first kappa shape index (κ1) is 37.7. The van der Waals surface area contributed by atoms with Crippen LogP contribution in [0.1, 0.15) is 101 Å². The zero-order chi connectivity index (χ0) is 38.6. The zero-order valence-electron chi connectivity index (χ0n) is 31.6. The van der Waals surface area contributed by atoms with Crippen molar-refractivity contribution in [2.24, 2.45) is 5.92 Å². The van der Waals surface area contributed by atoms with Gasteiger partial charge in [0.05, 0.1) is 37.3 Å². The summed E-state index contributed by atoms with van der Waals surface area (Å²) in [7, 11) is 1.29. The highest BCUT2D eigenvalue weighted by Crippen LogP contribution is 2.35. The Labute approximate surface area is 316 Å². The monoisotopic (exact) mass is 729 g/mol. The van der Waals surface area contributed by atoms with Crippen molar-refractivity contribution < 1.29 is 24.2 Å². The molecule has 4 N–H and O–H groups in total. The van der Waals surface area contributed by atoms with Crippen molar-refractivity contribution in [3.8, 4) is 46.1 Å². The van der Waals surface area contributed by atoms with Crippen LogP contribution in [0.3, 0.4) is 0 Å². The molecule has 12 heteroatoms. The summed E-state index contributed by atoms with van der Waals surface area (Å²) >= 11 is 0. The van der Waals surface area contributed by atoms with Gasteiger partial charge in [0.2, 0.25) is 5.91 Å². The van der Waals surface area contributed by atoms with Gasteiger partial charge in [0, 0.05) is 24.2 Å². The van der Waals surface area contributed by atoms with Crippen molar-refractivity contribution in [1.29, 1.82) is 0 Å². The van der Waals surface area contributed by atoms with Gasteiger partial charge in [-0.05, 0) is 83.6 Å². The Kier molecular flexibility index (Phi) is 11.1. The maximum Gasteiger partial charge on any atom is 0.407 e. The number of ether oxygens (including phenoxy) is 1. The van der Waals surface area contributed by atoms with E-state index in [2.05, 4.69) is 95.1 Å². The normalized spacial score (nSPS) is 17.4. The Bertz CT molecular complexity index is 2160. The topological polar surface area (TPSA) is 157 Å². The number of rotatable bonds is 7. The Morgan fingerprint density at radius 2 is 1.59 bits per heavy atom. The minimum Gasteiger partial charge on any atom is -0.465 e. The summed E-state index contributed by atoms with van der Waals surface area (Å²) in [5.41, 5.74) is 6.19. The number of hydrogen-bond donors (Lipinski definition) is 4. The third-order valence-electron chi connectivity index (χ3n) is 10.1. The average Bonchev–Trinajstić information content (AvgIpc) is 3.98.